The summed E-state index contributed by atoms with van der Waals surface area (Å²) >= 11 is 0. The van der Waals surface area contributed by atoms with E-state index in [1.54, 1.807) is 78.9 Å². The molecule has 3 aromatic rings. The molecule has 0 aliphatic carbocycles. The fraction of sp³-hybridized carbons (Fsp3) is 0.115. The zero-order chi connectivity index (χ0) is 24.4. The second-order valence-electron chi connectivity index (χ2n) is 7.35. The number of ether oxygens (including phenoxy) is 1. The van der Waals surface area contributed by atoms with Crippen molar-refractivity contribution in [2.75, 3.05) is 11.3 Å². The molecule has 0 aliphatic heterocycles. The molecule has 0 heterocycles. The van der Waals surface area contributed by atoms with Crippen LogP contribution in [0.4, 0.5) is 5.69 Å². The maximum atomic E-state index is 12.5. The highest BCUT2D eigenvalue weighted by atomic mass is 32.2. The summed E-state index contributed by atoms with van der Waals surface area (Å²) in [7, 11) is -3.68. The van der Waals surface area contributed by atoms with E-state index in [1.165, 1.54) is 18.2 Å². The molecule has 0 fully saturated rings. The molecule has 1 atom stereocenters. The number of anilines is 1. The van der Waals surface area contributed by atoms with E-state index in [0.29, 0.717) is 17.9 Å². The van der Waals surface area contributed by atoms with Crippen molar-refractivity contribution in [3.05, 3.63) is 102 Å². The molecule has 0 aliphatic rings. The molecule has 0 spiro atoms. The molecule has 0 aromatic heterocycles. The maximum absolute atomic E-state index is 12.5. The summed E-state index contributed by atoms with van der Waals surface area (Å²) in [6.45, 7) is 0.284. The number of aliphatic carboxylic acids is 1. The lowest BCUT2D eigenvalue weighted by atomic mass is 10.1. The highest BCUT2D eigenvalue weighted by molar-refractivity contribution is 7.92. The van der Waals surface area contributed by atoms with Gasteiger partial charge in [-0.3, -0.25) is 4.72 Å². The van der Waals surface area contributed by atoms with E-state index < -0.39 is 22.1 Å². The van der Waals surface area contributed by atoms with Crippen molar-refractivity contribution in [2.24, 2.45) is 0 Å². The van der Waals surface area contributed by atoms with Gasteiger partial charge in [-0.25, -0.2) is 13.2 Å². The molecule has 0 radical (unpaired) electrons. The third-order valence-electron chi connectivity index (χ3n) is 4.68. The van der Waals surface area contributed by atoms with Crippen molar-refractivity contribution in [3.63, 3.8) is 0 Å². The topological polar surface area (TPSA) is 113 Å². The number of carbonyl (C=O) groups is 1. The van der Waals surface area contributed by atoms with Crippen LogP contribution < -0.4 is 9.46 Å². The van der Waals surface area contributed by atoms with Gasteiger partial charge in [0.2, 0.25) is 0 Å². The maximum Gasteiger partial charge on any atom is 0.328 e. The van der Waals surface area contributed by atoms with Gasteiger partial charge >= 0.3 is 5.97 Å². The molecule has 176 valence electrons. The minimum Gasteiger partial charge on any atom is -0.493 e. The van der Waals surface area contributed by atoms with E-state index in [2.05, 4.69) is 4.72 Å². The van der Waals surface area contributed by atoms with Crippen molar-refractivity contribution in [1.82, 2.24) is 0 Å². The average Bonchev–Trinajstić information content (AvgIpc) is 2.83. The van der Waals surface area contributed by atoms with Crippen molar-refractivity contribution in [2.45, 2.75) is 17.4 Å². The lowest BCUT2D eigenvalue weighted by Gasteiger charge is -2.10. The summed E-state index contributed by atoms with van der Waals surface area (Å²) in [6.07, 6.45) is 5.50. The number of sulfonamides is 1. The Balaban J connectivity index is 1.50. The molecule has 8 heteroatoms. The number of nitrogens with one attached hydrogen (secondary N) is 1. The van der Waals surface area contributed by atoms with Crippen LogP contribution >= 0.6 is 0 Å². The molecular weight excluding hydrogens is 454 g/mol. The normalized spacial score (nSPS) is 12.6. The highest BCUT2D eigenvalue weighted by Gasteiger charge is 2.13. The predicted molar refractivity (Wildman–Crippen MR) is 132 cm³/mol. The van der Waals surface area contributed by atoms with E-state index >= 15 is 0 Å². The largest absolute Gasteiger partial charge is 0.493 e. The summed E-state index contributed by atoms with van der Waals surface area (Å²) in [5.41, 5.74) is 1.90. The number of rotatable bonds is 11. The van der Waals surface area contributed by atoms with Gasteiger partial charge in [0.05, 0.1) is 17.6 Å². The molecular formula is C26H25NO6S. The monoisotopic (exact) mass is 479 g/mol. The summed E-state index contributed by atoms with van der Waals surface area (Å²) < 4.78 is 33.1. The summed E-state index contributed by atoms with van der Waals surface area (Å²) in [5.74, 6) is -0.398. The molecule has 0 bridgehead atoms. The third-order valence-corrected chi connectivity index (χ3v) is 6.08. The Bertz CT molecular complexity index is 1250. The second-order valence-corrected chi connectivity index (χ2v) is 9.03. The van der Waals surface area contributed by atoms with Crippen LogP contribution in [0.15, 0.2) is 95.9 Å². The molecule has 7 nitrogen and oxygen atoms in total. The number of benzene rings is 3. The van der Waals surface area contributed by atoms with Gasteiger partial charge in [0.25, 0.3) is 10.0 Å². The first-order chi connectivity index (χ1) is 16.3. The van der Waals surface area contributed by atoms with Crippen LogP contribution in [0.3, 0.4) is 0 Å². The number of carboxylic acids is 1. The Morgan fingerprint density at radius 1 is 0.941 bits per heavy atom. The second kappa shape index (κ2) is 11.8. The zero-order valence-electron chi connectivity index (χ0n) is 18.2. The Hall–Kier alpha value is -3.88. The molecule has 3 rings (SSSR count). The van der Waals surface area contributed by atoms with Crippen LogP contribution in [0.2, 0.25) is 0 Å². The molecule has 0 unspecified atom stereocenters. The molecule has 3 N–H and O–H groups in total. The molecule has 0 saturated heterocycles. The summed E-state index contributed by atoms with van der Waals surface area (Å²) in [6, 6.07) is 21.9. The number of aliphatic hydroxyl groups is 1. The lowest BCUT2D eigenvalue weighted by molar-refractivity contribution is -0.131. The van der Waals surface area contributed by atoms with Crippen LogP contribution in [0, 0.1) is 0 Å². The van der Waals surface area contributed by atoms with Gasteiger partial charge in [-0.1, -0.05) is 54.6 Å². The fourth-order valence-electron chi connectivity index (χ4n) is 2.98. The SMILES string of the molecule is O=C(O)/C=C/c1ccc(OCC[C@@H](O)/C=C/c2cccc(NS(=O)(=O)c3ccccc3)c2)cc1. The Morgan fingerprint density at radius 2 is 1.68 bits per heavy atom. The van der Waals surface area contributed by atoms with Gasteiger partial charge in [0, 0.05) is 18.2 Å². The van der Waals surface area contributed by atoms with Crippen LogP contribution in [0.1, 0.15) is 17.5 Å². The number of hydrogen-bond donors (Lipinski definition) is 3. The standard InChI is InChI=1S/C26H25NO6S/c28-23(17-18-33-24-14-10-20(11-15-24)12-16-26(29)30)13-9-21-5-4-6-22(19-21)27-34(31,32)25-7-2-1-3-8-25/h1-16,19,23,27-28H,17-18H2,(H,29,30)/b13-9+,16-12+/t23-/m0/s1. The minimum atomic E-state index is -3.68. The fourth-order valence-corrected chi connectivity index (χ4v) is 4.05. The Morgan fingerprint density at radius 3 is 2.38 bits per heavy atom. The smallest absolute Gasteiger partial charge is 0.328 e. The summed E-state index contributed by atoms with van der Waals surface area (Å²) in [4.78, 5) is 10.7. The van der Waals surface area contributed by atoms with Crippen LogP contribution in [-0.4, -0.2) is 37.3 Å². The van der Waals surface area contributed by atoms with Gasteiger partial charge in [-0.15, -0.1) is 0 Å². The summed E-state index contributed by atoms with van der Waals surface area (Å²) in [5, 5.41) is 18.9. The average molecular weight is 480 g/mol. The van der Waals surface area contributed by atoms with E-state index in [0.717, 1.165) is 17.2 Å². The first-order valence-corrected chi connectivity index (χ1v) is 12.0. The molecule has 3 aromatic carbocycles. The molecule has 34 heavy (non-hydrogen) atoms. The van der Waals surface area contributed by atoms with E-state index in [-0.39, 0.29) is 11.5 Å². The van der Waals surface area contributed by atoms with Gasteiger partial charge < -0.3 is 14.9 Å². The van der Waals surface area contributed by atoms with Crippen molar-refractivity contribution in [1.29, 1.82) is 0 Å². The van der Waals surface area contributed by atoms with Crippen LogP contribution in [0.25, 0.3) is 12.2 Å². The van der Waals surface area contributed by atoms with Gasteiger partial charge in [0.15, 0.2) is 0 Å². The first kappa shape index (κ1) is 24.8. The van der Waals surface area contributed by atoms with Gasteiger partial charge in [-0.05, 0) is 53.6 Å². The quantitative estimate of drug-likeness (QED) is 0.351. The molecule has 0 amide bonds. The molecule has 0 saturated carbocycles. The van der Waals surface area contributed by atoms with E-state index in [1.807, 2.05) is 0 Å². The van der Waals surface area contributed by atoms with Crippen molar-refractivity contribution < 1.29 is 28.2 Å². The minimum absolute atomic E-state index is 0.178. The van der Waals surface area contributed by atoms with Crippen LogP contribution in [-0.2, 0) is 14.8 Å². The Kier molecular flexibility index (Phi) is 8.61. The van der Waals surface area contributed by atoms with E-state index in [4.69, 9.17) is 9.84 Å². The lowest BCUT2D eigenvalue weighted by Crippen LogP contribution is -2.12. The van der Waals surface area contributed by atoms with E-state index in [9.17, 15) is 18.3 Å². The predicted octanol–water partition coefficient (Wildman–Crippen LogP) is 4.43. The number of aliphatic hydroxyl groups excluding tert-OH is 1. The van der Waals surface area contributed by atoms with Crippen molar-refractivity contribution in [3.8, 4) is 5.75 Å². The van der Waals surface area contributed by atoms with Crippen molar-refractivity contribution >= 4 is 33.8 Å². The third kappa shape index (κ3) is 7.91. The first-order valence-electron chi connectivity index (χ1n) is 10.5. The van der Waals surface area contributed by atoms with Gasteiger partial charge in [0.1, 0.15) is 5.75 Å². The van der Waals surface area contributed by atoms with Crippen LogP contribution in [0.5, 0.6) is 5.75 Å². The zero-order valence-corrected chi connectivity index (χ0v) is 19.1. The van der Waals surface area contributed by atoms with Gasteiger partial charge in [-0.2, -0.15) is 0 Å². The highest BCUT2D eigenvalue weighted by Crippen LogP contribution is 2.18. The number of carboxylic acid groups (broad SMARTS) is 1. The number of hydrogen-bond acceptors (Lipinski definition) is 5. The Labute approximate surface area is 198 Å².